The van der Waals surface area contributed by atoms with E-state index in [2.05, 4.69) is 10.3 Å². The van der Waals surface area contributed by atoms with Crippen LogP contribution in [0.15, 0.2) is 36.5 Å². The third-order valence-electron chi connectivity index (χ3n) is 5.60. The van der Waals surface area contributed by atoms with Gasteiger partial charge in [-0.15, -0.1) is 0 Å². The number of amides is 1. The Hall–Kier alpha value is -3.01. The van der Waals surface area contributed by atoms with E-state index in [1.165, 1.54) is 13.1 Å². The van der Waals surface area contributed by atoms with Crippen LogP contribution in [0.1, 0.15) is 43.1 Å². The molecular weight excluding hydrogens is 435 g/mol. The number of carbonyl (C=O) groups excluding carboxylic acids is 1. The van der Waals surface area contributed by atoms with Gasteiger partial charge in [-0.2, -0.15) is 5.10 Å². The summed E-state index contributed by atoms with van der Waals surface area (Å²) < 4.78 is 43.4. The molecule has 32 heavy (non-hydrogen) atoms. The van der Waals surface area contributed by atoms with Gasteiger partial charge in [-0.25, -0.2) is 12.8 Å². The minimum Gasteiger partial charge on any atom is -0.461 e. The van der Waals surface area contributed by atoms with Crippen LogP contribution in [0.4, 0.5) is 4.39 Å². The molecule has 1 amide bonds. The van der Waals surface area contributed by atoms with Gasteiger partial charge in [0, 0.05) is 18.7 Å². The van der Waals surface area contributed by atoms with Crippen molar-refractivity contribution in [2.45, 2.75) is 44.6 Å². The molecule has 0 radical (unpaired) electrons. The topological polar surface area (TPSA) is 103 Å². The summed E-state index contributed by atoms with van der Waals surface area (Å²) in [7, 11) is -3.08. The van der Waals surface area contributed by atoms with Crippen molar-refractivity contribution in [1.82, 2.24) is 20.1 Å². The van der Waals surface area contributed by atoms with Gasteiger partial charge in [-0.3, -0.25) is 14.5 Å². The van der Waals surface area contributed by atoms with Crippen molar-refractivity contribution in [1.29, 1.82) is 0 Å². The van der Waals surface area contributed by atoms with Crippen molar-refractivity contribution in [3.63, 3.8) is 0 Å². The number of hydrogen-bond donors (Lipinski definition) is 1. The van der Waals surface area contributed by atoms with E-state index >= 15 is 0 Å². The highest BCUT2D eigenvalue weighted by Crippen LogP contribution is 2.39. The van der Waals surface area contributed by atoms with Gasteiger partial charge in [0.25, 0.3) is 5.91 Å². The lowest BCUT2D eigenvalue weighted by Gasteiger charge is -2.38. The summed E-state index contributed by atoms with van der Waals surface area (Å²) in [6, 6.07) is 9.00. The normalized spacial score (nSPS) is 19.8. The number of carbonyl (C=O) groups is 1. The number of nitrogens with one attached hydrogen (secondary N) is 1. The highest BCUT2D eigenvalue weighted by molar-refractivity contribution is 7.93. The third-order valence-corrected chi connectivity index (χ3v) is 7.75. The number of rotatable bonds is 6. The second-order valence-corrected chi connectivity index (χ2v) is 10.9. The maximum absolute atomic E-state index is 13.3. The number of hydrogen-bond acceptors (Lipinski definition) is 6. The highest BCUT2D eigenvalue weighted by Gasteiger charge is 2.45. The summed E-state index contributed by atoms with van der Waals surface area (Å²) in [5, 5.41) is 7.58. The van der Waals surface area contributed by atoms with E-state index in [1.807, 2.05) is 10.7 Å². The molecule has 10 heteroatoms. The number of aromatic nitrogens is 3. The van der Waals surface area contributed by atoms with E-state index < -0.39 is 21.7 Å². The molecule has 3 aromatic rings. The lowest BCUT2D eigenvalue weighted by atomic mass is 10.1. The molecule has 1 saturated carbocycles. The monoisotopic (exact) mass is 458 g/mol. The molecule has 1 N–H and O–H groups in total. The highest BCUT2D eigenvalue weighted by atomic mass is 32.2. The van der Waals surface area contributed by atoms with Crippen LogP contribution in [0.2, 0.25) is 0 Å². The molecular formula is C22H23FN4O4S. The van der Waals surface area contributed by atoms with E-state index in [-0.39, 0.29) is 23.5 Å². The lowest BCUT2D eigenvalue weighted by molar-refractivity contribution is 0.0860. The fourth-order valence-corrected chi connectivity index (χ4v) is 6.19. The van der Waals surface area contributed by atoms with E-state index in [9.17, 15) is 17.6 Å². The Morgan fingerprint density at radius 2 is 2.06 bits per heavy atom. The molecule has 5 rings (SSSR count). The van der Waals surface area contributed by atoms with E-state index in [0.29, 0.717) is 22.5 Å². The van der Waals surface area contributed by atoms with Crippen molar-refractivity contribution in [2.24, 2.45) is 0 Å². The number of ether oxygens (including phenoxy) is 1. The minimum atomic E-state index is -3.08. The Balaban J connectivity index is 1.50. The molecule has 2 aromatic heterocycles. The van der Waals surface area contributed by atoms with Crippen LogP contribution in [0.25, 0.3) is 22.3 Å². The summed E-state index contributed by atoms with van der Waals surface area (Å²) in [4.78, 5) is 17.3. The molecule has 1 aromatic carbocycles. The van der Waals surface area contributed by atoms with Crippen molar-refractivity contribution >= 4 is 26.8 Å². The molecule has 2 aliphatic rings. The summed E-state index contributed by atoms with van der Waals surface area (Å²) in [6.45, 7) is 3.04. The first-order valence-electron chi connectivity index (χ1n) is 10.4. The van der Waals surface area contributed by atoms with Crippen molar-refractivity contribution in [3.8, 4) is 17.0 Å². The van der Waals surface area contributed by atoms with Crippen LogP contribution in [-0.4, -0.2) is 52.5 Å². The number of halogens is 1. The fourth-order valence-electron chi connectivity index (χ4n) is 4.19. The van der Waals surface area contributed by atoms with Gasteiger partial charge >= 0.3 is 0 Å². The molecule has 1 saturated heterocycles. The second kappa shape index (κ2) is 7.26. The van der Waals surface area contributed by atoms with Crippen molar-refractivity contribution < 1.29 is 22.3 Å². The van der Waals surface area contributed by atoms with E-state index in [4.69, 9.17) is 9.84 Å². The van der Waals surface area contributed by atoms with Crippen LogP contribution >= 0.6 is 0 Å². The maximum atomic E-state index is 13.3. The first-order chi connectivity index (χ1) is 15.1. The van der Waals surface area contributed by atoms with Crippen molar-refractivity contribution in [2.75, 3.05) is 11.5 Å². The van der Waals surface area contributed by atoms with Gasteiger partial charge in [0.05, 0.1) is 34.2 Å². The number of benzene rings is 1. The predicted octanol–water partition coefficient (Wildman–Crippen LogP) is 3.04. The molecule has 3 heterocycles. The Kier molecular flexibility index (Phi) is 4.74. The Morgan fingerprint density at radius 3 is 2.72 bits per heavy atom. The van der Waals surface area contributed by atoms with Crippen LogP contribution < -0.4 is 10.1 Å². The first-order valence-corrected chi connectivity index (χ1v) is 12.3. The lowest BCUT2D eigenvalue weighted by Crippen LogP contribution is -2.63. The van der Waals surface area contributed by atoms with Crippen LogP contribution in [0.3, 0.4) is 0 Å². The smallest absolute Gasteiger partial charge is 0.253 e. The zero-order valence-corrected chi connectivity index (χ0v) is 18.5. The minimum absolute atomic E-state index is 0.0680. The number of fused-ring (bicyclic) bond motifs is 1. The quantitative estimate of drug-likeness (QED) is 0.609. The zero-order chi connectivity index (χ0) is 22.7. The second-order valence-electron chi connectivity index (χ2n) is 8.85. The van der Waals surface area contributed by atoms with Crippen LogP contribution in [0.5, 0.6) is 5.75 Å². The maximum Gasteiger partial charge on any atom is 0.253 e. The largest absolute Gasteiger partial charge is 0.461 e. The molecule has 1 atom stereocenters. The Bertz CT molecular complexity index is 1320. The molecule has 8 nitrogen and oxygen atoms in total. The summed E-state index contributed by atoms with van der Waals surface area (Å²) in [5.41, 5.74) is 2.32. The molecule has 168 valence electrons. The van der Waals surface area contributed by atoms with Gasteiger partial charge in [-0.1, -0.05) is 12.1 Å². The first kappa shape index (κ1) is 20.9. The molecule has 1 unspecified atom stereocenters. The average Bonchev–Trinajstić information content (AvgIpc) is 3.46. The molecule has 1 aliphatic carbocycles. The van der Waals surface area contributed by atoms with Gasteiger partial charge < -0.3 is 10.1 Å². The zero-order valence-electron chi connectivity index (χ0n) is 17.7. The SMILES string of the molecule is CC(F)Oc1cccc(-c2nn(C3CC3)c3cc(C(=O)NC4(C)CS(=O)(=O)C4)cnc23)c1. The summed E-state index contributed by atoms with van der Waals surface area (Å²) in [5.74, 6) is -0.108. The Labute approximate surface area is 184 Å². The number of alkyl halides is 1. The molecule has 1 aliphatic heterocycles. The van der Waals surface area contributed by atoms with Gasteiger partial charge in [0.2, 0.25) is 6.36 Å². The fraction of sp³-hybridized carbons (Fsp3) is 0.409. The molecule has 0 bridgehead atoms. The van der Waals surface area contributed by atoms with Gasteiger partial charge in [0.15, 0.2) is 9.84 Å². The van der Waals surface area contributed by atoms with Gasteiger partial charge in [-0.05, 0) is 38.0 Å². The molecule has 0 spiro atoms. The predicted molar refractivity (Wildman–Crippen MR) is 117 cm³/mol. The third kappa shape index (κ3) is 3.94. The Morgan fingerprint density at radius 1 is 1.31 bits per heavy atom. The van der Waals surface area contributed by atoms with E-state index in [0.717, 1.165) is 23.9 Å². The van der Waals surface area contributed by atoms with Crippen LogP contribution in [0, 0.1) is 0 Å². The van der Waals surface area contributed by atoms with E-state index in [1.54, 1.807) is 31.2 Å². The average molecular weight is 459 g/mol. The standard InChI is InChI=1S/C22H23FN4O4S/c1-13(23)31-17-5-3-4-14(8-17)19-20-18(27(26-19)16-6-7-16)9-15(10-24-20)21(28)25-22(2)11-32(29,30)12-22/h3-5,8-10,13,16H,6-7,11-12H2,1-2H3,(H,25,28). The number of sulfone groups is 1. The number of pyridine rings is 1. The molecule has 2 fully saturated rings. The van der Waals surface area contributed by atoms with Gasteiger partial charge in [0.1, 0.15) is 17.0 Å². The summed E-state index contributed by atoms with van der Waals surface area (Å²) in [6.07, 6.45) is 2.02. The van der Waals surface area contributed by atoms with Crippen molar-refractivity contribution in [3.05, 3.63) is 42.1 Å². The van der Waals surface area contributed by atoms with Crippen LogP contribution in [-0.2, 0) is 9.84 Å². The number of nitrogens with zero attached hydrogens (tertiary/aromatic N) is 3. The summed E-state index contributed by atoms with van der Waals surface area (Å²) >= 11 is 0.